The molecular weight excluding hydrogens is 278 g/mol. The summed E-state index contributed by atoms with van der Waals surface area (Å²) in [5, 5.41) is 0.699. The third kappa shape index (κ3) is 4.46. The van der Waals surface area contributed by atoms with Gasteiger partial charge in [0.05, 0.1) is 0 Å². The molecule has 2 nitrogen and oxygen atoms in total. The van der Waals surface area contributed by atoms with Crippen molar-refractivity contribution in [2.75, 3.05) is 0 Å². The van der Waals surface area contributed by atoms with Gasteiger partial charge in [-0.25, -0.2) is 0 Å². The van der Waals surface area contributed by atoms with Gasteiger partial charge in [-0.1, -0.05) is 48.0 Å². The maximum Gasteiger partial charge on any atom is 0.0489 e. The lowest BCUT2D eigenvalue weighted by Gasteiger charge is -2.05. The van der Waals surface area contributed by atoms with Crippen LogP contribution in [0, 0.1) is 0 Å². The van der Waals surface area contributed by atoms with Gasteiger partial charge in [-0.3, -0.25) is 4.21 Å². The molecule has 0 saturated heterocycles. The molecule has 0 fully saturated rings. The second-order valence-corrected chi connectivity index (χ2v) is 6.27. The molecule has 100 valence electrons. The molecular formula is C15H16ClNOS. The number of hydrogen-bond acceptors (Lipinski definition) is 2. The molecule has 0 aliphatic heterocycles. The van der Waals surface area contributed by atoms with Crippen LogP contribution in [0.5, 0.6) is 0 Å². The van der Waals surface area contributed by atoms with Crippen molar-refractivity contribution in [3.8, 4) is 0 Å². The van der Waals surface area contributed by atoms with Gasteiger partial charge in [0.25, 0.3) is 0 Å². The van der Waals surface area contributed by atoms with Gasteiger partial charge in [-0.05, 0) is 28.8 Å². The van der Waals surface area contributed by atoms with Gasteiger partial charge in [0.2, 0.25) is 0 Å². The monoisotopic (exact) mass is 293 g/mol. The van der Waals surface area contributed by atoms with E-state index in [4.69, 9.17) is 17.3 Å². The van der Waals surface area contributed by atoms with E-state index in [2.05, 4.69) is 0 Å². The van der Waals surface area contributed by atoms with Crippen molar-refractivity contribution in [3.63, 3.8) is 0 Å². The average Bonchev–Trinajstić information content (AvgIpc) is 2.41. The minimum Gasteiger partial charge on any atom is -0.326 e. The molecule has 0 saturated carbocycles. The highest BCUT2D eigenvalue weighted by Gasteiger charge is 2.04. The standard InChI is InChI=1S/C15H16ClNOS/c16-15-6-4-12(5-7-15)10-19(18)11-14-3-1-2-13(8-14)9-17/h1-8H,9-11,17H2. The summed E-state index contributed by atoms with van der Waals surface area (Å²) in [6, 6.07) is 15.4. The first-order chi connectivity index (χ1) is 9.17. The van der Waals surface area contributed by atoms with Crippen LogP contribution in [0.4, 0.5) is 0 Å². The summed E-state index contributed by atoms with van der Waals surface area (Å²) in [5.41, 5.74) is 8.77. The highest BCUT2D eigenvalue weighted by molar-refractivity contribution is 7.83. The molecule has 2 aromatic rings. The topological polar surface area (TPSA) is 43.1 Å². The summed E-state index contributed by atoms with van der Waals surface area (Å²) < 4.78 is 12.1. The molecule has 2 aromatic carbocycles. The SMILES string of the molecule is NCc1cccc(CS(=O)Cc2ccc(Cl)cc2)c1. The highest BCUT2D eigenvalue weighted by Crippen LogP contribution is 2.13. The van der Waals surface area contributed by atoms with Crippen molar-refractivity contribution in [3.05, 3.63) is 70.2 Å². The van der Waals surface area contributed by atoms with Crippen LogP contribution < -0.4 is 5.73 Å². The summed E-state index contributed by atoms with van der Waals surface area (Å²) in [5.74, 6) is 1.10. The molecule has 2 rings (SSSR count). The average molecular weight is 294 g/mol. The van der Waals surface area contributed by atoms with E-state index in [-0.39, 0.29) is 0 Å². The van der Waals surface area contributed by atoms with Crippen molar-refractivity contribution in [1.29, 1.82) is 0 Å². The third-order valence-corrected chi connectivity index (χ3v) is 4.36. The Bertz CT molecular complexity index is 569. The normalized spacial score (nSPS) is 12.3. The number of benzene rings is 2. The molecule has 1 unspecified atom stereocenters. The first-order valence-corrected chi connectivity index (χ1v) is 7.91. The lowest BCUT2D eigenvalue weighted by molar-refractivity contribution is 0.682. The van der Waals surface area contributed by atoms with E-state index in [1.807, 2.05) is 48.5 Å². The fraction of sp³-hybridized carbons (Fsp3) is 0.200. The Hall–Kier alpha value is -1.16. The van der Waals surface area contributed by atoms with Gasteiger partial charge in [-0.2, -0.15) is 0 Å². The van der Waals surface area contributed by atoms with Crippen LogP contribution in [0.2, 0.25) is 5.02 Å². The Labute approximate surface area is 121 Å². The fourth-order valence-corrected chi connectivity index (χ4v) is 3.19. The van der Waals surface area contributed by atoms with Crippen LogP contribution in [-0.2, 0) is 28.9 Å². The van der Waals surface area contributed by atoms with Crippen molar-refractivity contribution < 1.29 is 4.21 Å². The smallest absolute Gasteiger partial charge is 0.0489 e. The maximum atomic E-state index is 12.1. The summed E-state index contributed by atoms with van der Waals surface area (Å²) in [7, 11) is -0.923. The molecule has 0 spiro atoms. The zero-order chi connectivity index (χ0) is 13.7. The van der Waals surface area contributed by atoms with E-state index in [9.17, 15) is 4.21 Å². The molecule has 0 radical (unpaired) electrons. The number of rotatable bonds is 5. The Balaban J connectivity index is 1.99. The summed E-state index contributed by atoms with van der Waals surface area (Å²) in [6.07, 6.45) is 0. The molecule has 0 aliphatic rings. The predicted octanol–water partition coefficient (Wildman–Crippen LogP) is 3.25. The first-order valence-electron chi connectivity index (χ1n) is 6.04. The second-order valence-electron chi connectivity index (χ2n) is 4.38. The van der Waals surface area contributed by atoms with Crippen molar-refractivity contribution in [2.24, 2.45) is 5.73 Å². The maximum absolute atomic E-state index is 12.1. The largest absolute Gasteiger partial charge is 0.326 e. The molecule has 2 N–H and O–H groups in total. The zero-order valence-electron chi connectivity index (χ0n) is 10.5. The predicted molar refractivity (Wildman–Crippen MR) is 81.3 cm³/mol. The van der Waals surface area contributed by atoms with Crippen LogP contribution >= 0.6 is 11.6 Å². The van der Waals surface area contributed by atoms with Crippen LogP contribution in [0.3, 0.4) is 0 Å². The Kier molecular flexibility index (Phi) is 5.14. The van der Waals surface area contributed by atoms with Gasteiger partial charge < -0.3 is 5.73 Å². The van der Waals surface area contributed by atoms with Gasteiger partial charge in [0, 0.05) is 33.9 Å². The zero-order valence-corrected chi connectivity index (χ0v) is 12.1. The van der Waals surface area contributed by atoms with Crippen LogP contribution in [0.25, 0.3) is 0 Å². The van der Waals surface area contributed by atoms with E-state index < -0.39 is 10.8 Å². The number of hydrogen-bond donors (Lipinski definition) is 1. The number of halogens is 1. The molecule has 0 aliphatic carbocycles. The van der Waals surface area contributed by atoms with Gasteiger partial charge in [0.15, 0.2) is 0 Å². The Morgan fingerprint density at radius 3 is 2.26 bits per heavy atom. The minimum absolute atomic E-state index is 0.512. The van der Waals surface area contributed by atoms with Crippen molar-refractivity contribution >= 4 is 22.4 Å². The van der Waals surface area contributed by atoms with Crippen LogP contribution in [0.1, 0.15) is 16.7 Å². The van der Waals surface area contributed by atoms with Crippen molar-refractivity contribution in [2.45, 2.75) is 18.1 Å². The number of nitrogens with two attached hydrogens (primary N) is 1. The molecule has 0 aromatic heterocycles. The third-order valence-electron chi connectivity index (χ3n) is 2.80. The molecule has 0 amide bonds. The molecule has 4 heteroatoms. The molecule has 1 atom stereocenters. The molecule has 0 bridgehead atoms. The lowest BCUT2D eigenvalue weighted by atomic mass is 10.1. The van der Waals surface area contributed by atoms with E-state index in [0.717, 1.165) is 16.7 Å². The second kappa shape index (κ2) is 6.85. The molecule has 19 heavy (non-hydrogen) atoms. The van der Waals surface area contributed by atoms with Crippen LogP contribution in [0.15, 0.2) is 48.5 Å². The van der Waals surface area contributed by atoms with E-state index >= 15 is 0 Å². The first kappa shape index (κ1) is 14.3. The summed E-state index contributed by atoms with van der Waals surface area (Å²) in [6.45, 7) is 0.512. The summed E-state index contributed by atoms with van der Waals surface area (Å²) >= 11 is 5.82. The van der Waals surface area contributed by atoms with Gasteiger partial charge >= 0.3 is 0 Å². The van der Waals surface area contributed by atoms with E-state index in [1.54, 1.807) is 0 Å². The van der Waals surface area contributed by atoms with E-state index in [0.29, 0.717) is 23.1 Å². The Morgan fingerprint density at radius 2 is 1.58 bits per heavy atom. The van der Waals surface area contributed by atoms with Crippen molar-refractivity contribution in [1.82, 2.24) is 0 Å². The van der Waals surface area contributed by atoms with Gasteiger partial charge in [-0.15, -0.1) is 0 Å². The van der Waals surface area contributed by atoms with Gasteiger partial charge in [0.1, 0.15) is 0 Å². The Morgan fingerprint density at radius 1 is 0.947 bits per heavy atom. The molecule has 0 heterocycles. The van der Waals surface area contributed by atoms with Crippen LogP contribution in [-0.4, -0.2) is 4.21 Å². The van der Waals surface area contributed by atoms with E-state index in [1.165, 1.54) is 0 Å². The fourth-order valence-electron chi connectivity index (χ4n) is 1.85. The summed E-state index contributed by atoms with van der Waals surface area (Å²) in [4.78, 5) is 0. The minimum atomic E-state index is -0.923. The highest BCUT2D eigenvalue weighted by atomic mass is 35.5. The lowest BCUT2D eigenvalue weighted by Crippen LogP contribution is -2.01. The quantitative estimate of drug-likeness (QED) is 0.919.